The van der Waals surface area contributed by atoms with Crippen molar-refractivity contribution in [2.45, 2.75) is 139 Å². The van der Waals surface area contributed by atoms with Crippen molar-refractivity contribution < 1.29 is 101 Å². The molecule has 36 heteroatoms. The number of rotatable bonds is 27. The van der Waals surface area contributed by atoms with Crippen molar-refractivity contribution >= 4 is 88.9 Å². The monoisotopic (exact) mass is 1430 g/mol. The van der Waals surface area contributed by atoms with Crippen LogP contribution in [0.4, 0.5) is 22.9 Å². The number of nitro groups is 1. The van der Waals surface area contributed by atoms with Gasteiger partial charge in [0.2, 0.25) is 11.6 Å². The smallest absolute Gasteiger partial charge is 0.488 e. The lowest BCUT2D eigenvalue weighted by Crippen LogP contribution is -2.30. The van der Waals surface area contributed by atoms with Crippen LogP contribution >= 0.6 is 22.4 Å². The standard InChI is InChI=1S/C58H74N7O23P3S3/c1-10-62-43-24-22-38(93(77,78)79)29-41(43)57(5,6)49(62)19-13-11-14-20-50-58(7,8)42-30-39(94(80,81)82)23-25-44(42)63(50)27-16-12-15-21-51(67)60-26-17-18-36-28-45(65(69)70)40(31-47(36)83-9)53(56(2,3)4)84-34-37-33-64(55(68)61-54(37)59)52-32-46(66)48(86-52)35-85-91(76,92)88-90(74,75)87-89(71,72)73/h11,13-14,19-20,22-25,28-31,33,46,48,52-53,66H,10,12,15-16,21,26-27,32,34-35H2,1-9H3,(H8-,59,60,61,67,68,71,72,73,74,75,76,77,78,79,80,81,82,92)/p+1/t46-,48+,52+,53+,91?/m0/s1. The molecule has 512 valence electrons. The summed E-state index contributed by atoms with van der Waals surface area (Å²) in [6.07, 6.45) is 7.20. The van der Waals surface area contributed by atoms with Crippen LogP contribution in [0.2, 0.25) is 0 Å². The number of benzene rings is 3. The van der Waals surface area contributed by atoms with Gasteiger partial charge in [-0.1, -0.05) is 64.7 Å². The van der Waals surface area contributed by atoms with Gasteiger partial charge >= 0.3 is 28.1 Å². The summed E-state index contributed by atoms with van der Waals surface area (Å²) in [5.41, 5.74) is 7.75. The maximum Gasteiger partial charge on any atom is 0.488 e. The van der Waals surface area contributed by atoms with E-state index in [1.807, 2.05) is 65.0 Å². The largest absolute Gasteiger partial charge is 0.495 e. The van der Waals surface area contributed by atoms with Gasteiger partial charge in [-0.05, 0) is 98.9 Å². The lowest BCUT2D eigenvalue weighted by atomic mass is 9.81. The molecule has 1 fully saturated rings. The number of nitrogens with one attached hydrogen (secondary N) is 1. The Balaban J connectivity index is 0.979. The third kappa shape index (κ3) is 18.3. The van der Waals surface area contributed by atoms with Crippen LogP contribution in [0.25, 0.3) is 0 Å². The molecule has 7 rings (SSSR count). The van der Waals surface area contributed by atoms with Crippen molar-refractivity contribution in [3.8, 4) is 17.6 Å². The highest BCUT2D eigenvalue weighted by molar-refractivity contribution is 8.08. The molecule has 2 unspecified atom stereocenters. The highest BCUT2D eigenvalue weighted by Crippen LogP contribution is 2.66. The van der Waals surface area contributed by atoms with E-state index in [1.54, 1.807) is 32.9 Å². The number of unbranched alkanes of at least 4 members (excludes halogenated alkanes) is 2. The Morgan fingerprint density at radius 1 is 0.979 bits per heavy atom. The molecule has 1 amide bonds. The molecule has 30 nitrogen and oxygen atoms in total. The quantitative estimate of drug-likeness (QED) is 0.00406. The van der Waals surface area contributed by atoms with Gasteiger partial charge in [0, 0.05) is 78.1 Å². The number of hydrogen-bond donors (Lipinski definition) is 9. The highest BCUT2D eigenvalue weighted by atomic mass is 32.5. The zero-order chi connectivity index (χ0) is 69.9. The van der Waals surface area contributed by atoms with Crippen molar-refractivity contribution in [1.82, 2.24) is 14.9 Å². The Labute approximate surface area is 547 Å². The Kier molecular flexibility index (Phi) is 23.4. The number of phosphoric acid groups is 2. The van der Waals surface area contributed by atoms with Crippen molar-refractivity contribution in [1.29, 1.82) is 0 Å². The molecule has 4 heterocycles. The van der Waals surface area contributed by atoms with Crippen LogP contribution < -0.4 is 26.4 Å². The van der Waals surface area contributed by atoms with Crippen molar-refractivity contribution in [2.75, 3.05) is 44.0 Å². The summed E-state index contributed by atoms with van der Waals surface area (Å²) >= 11 is 4.63. The summed E-state index contributed by atoms with van der Waals surface area (Å²) in [7, 11) is -18.8. The van der Waals surface area contributed by atoms with Crippen LogP contribution in [0.3, 0.4) is 0 Å². The van der Waals surface area contributed by atoms with Gasteiger partial charge in [0.15, 0.2) is 5.71 Å². The molecule has 3 aliphatic rings. The number of aromatic nitrogens is 2. The first-order chi connectivity index (χ1) is 43.5. The maximum atomic E-state index is 13.1. The number of anilines is 2. The fraction of sp³-hybridized carbons (Fsp3) is 0.448. The van der Waals surface area contributed by atoms with Gasteiger partial charge in [-0.2, -0.15) is 30.7 Å². The van der Waals surface area contributed by atoms with Crippen molar-refractivity contribution in [3.05, 3.63) is 139 Å². The number of amides is 1. The van der Waals surface area contributed by atoms with Gasteiger partial charge in [0.05, 0.1) is 70.3 Å². The van der Waals surface area contributed by atoms with E-state index in [-0.39, 0.29) is 75.6 Å². The van der Waals surface area contributed by atoms with E-state index >= 15 is 0 Å². The average Bonchev–Trinajstić information content (AvgIpc) is 1.58. The molecule has 0 radical (unpaired) electrons. The first kappa shape index (κ1) is 75.2. The van der Waals surface area contributed by atoms with Crippen molar-refractivity contribution in [3.63, 3.8) is 0 Å². The van der Waals surface area contributed by atoms with Crippen LogP contribution in [-0.2, 0) is 86.0 Å². The maximum absolute atomic E-state index is 13.1. The summed E-state index contributed by atoms with van der Waals surface area (Å²) in [4.78, 5) is 81.3. The molecule has 1 aromatic heterocycles. The minimum atomic E-state index is -5.64. The van der Waals surface area contributed by atoms with E-state index < -0.39 is 101 Å². The summed E-state index contributed by atoms with van der Waals surface area (Å²) in [6.45, 7) is 10.1. The number of ether oxygens (including phenoxy) is 3. The molecular weight excluding hydrogens is 1350 g/mol. The Bertz CT molecular complexity index is 4270. The second kappa shape index (κ2) is 29.2. The minimum absolute atomic E-state index is 0.0816. The summed E-state index contributed by atoms with van der Waals surface area (Å²) in [6, 6.07) is 11.7. The molecule has 0 bridgehead atoms. The molecule has 6 atom stereocenters. The van der Waals surface area contributed by atoms with E-state index in [0.717, 1.165) is 32.9 Å². The number of fused-ring (bicyclic) bond motifs is 2. The number of carbonyl (C=O) groups is 1. The number of likely N-dealkylation sites (N-methyl/N-ethyl adjacent to an activating group) is 1. The highest BCUT2D eigenvalue weighted by Gasteiger charge is 2.46. The lowest BCUT2D eigenvalue weighted by molar-refractivity contribution is -0.438. The number of aliphatic hydroxyl groups is 1. The number of nitrogens with two attached hydrogens (primary N) is 1. The first-order valence-corrected chi connectivity index (χ1v) is 37.4. The van der Waals surface area contributed by atoms with Crippen LogP contribution in [0.1, 0.15) is 128 Å². The number of nitrogens with zero attached hydrogens (tertiary/aromatic N) is 5. The van der Waals surface area contributed by atoms with E-state index in [0.29, 0.717) is 37.9 Å². The van der Waals surface area contributed by atoms with E-state index in [2.05, 4.69) is 52.0 Å². The molecule has 3 aliphatic heterocycles. The first-order valence-electron chi connectivity index (χ1n) is 28.9. The summed E-state index contributed by atoms with van der Waals surface area (Å²) < 4.78 is 125. The lowest BCUT2D eigenvalue weighted by Gasteiger charge is -2.31. The van der Waals surface area contributed by atoms with Gasteiger partial charge in [-0.25, -0.2) is 18.2 Å². The van der Waals surface area contributed by atoms with Crippen LogP contribution in [0.5, 0.6) is 5.75 Å². The summed E-state index contributed by atoms with van der Waals surface area (Å²) in [5.74, 6) is 5.25. The number of methoxy groups -OCH3 is 1. The van der Waals surface area contributed by atoms with Gasteiger partial charge in [-0.15, -0.1) is 0 Å². The predicted octanol–water partition coefficient (Wildman–Crippen LogP) is 7.57. The third-order valence-electron chi connectivity index (χ3n) is 15.7. The van der Waals surface area contributed by atoms with E-state index in [9.17, 15) is 69.7 Å². The van der Waals surface area contributed by atoms with Crippen LogP contribution in [0, 0.1) is 27.4 Å². The van der Waals surface area contributed by atoms with Gasteiger partial charge in [0.25, 0.3) is 25.9 Å². The number of aliphatic hydroxyl groups excluding tert-OH is 1. The second-order valence-corrected chi connectivity index (χ2v) is 32.8. The number of nitrogen functional groups attached to an aromatic ring is 1. The molecule has 10 N–H and O–H groups in total. The van der Waals surface area contributed by atoms with Crippen LogP contribution in [-0.4, -0.2) is 127 Å². The third-order valence-corrected chi connectivity index (χ3v) is 22.1. The molecule has 94 heavy (non-hydrogen) atoms. The fourth-order valence-corrected chi connectivity index (χ4v) is 16.2. The topological polar surface area (TPSA) is 439 Å². The molecule has 0 aliphatic carbocycles. The van der Waals surface area contributed by atoms with E-state index in [1.165, 1.54) is 49.7 Å². The SMILES string of the molecule is CCN1\C(=C/C=C/C=C/C2=[N+](CCCCCC(=O)NCC#Cc3cc([N+](=O)[O-])c([C@@H](OCc4cn([C@H]5C[C@H](O)[C@@H](COP(O)(=S)OP(=O)(O)OP(=O)(O)O)O5)c(=O)nc4N)C(C)(C)C)cc3OC)c3ccc(S(=O)(=O)O)cc3C2(C)C)C(C)(C)c2cc(S(=O)(=O)O)ccc21. The average molecular weight is 1430 g/mol. The number of hydrogen-bond acceptors (Lipinski definition) is 21. The second-order valence-electron chi connectivity index (χ2n) is 24.1. The number of carbonyl (C=O) groups excluding carboxylic acids is 1. The molecule has 4 aromatic rings. The molecule has 3 aromatic carbocycles. The van der Waals surface area contributed by atoms with Crippen LogP contribution in [0.15, 0.2) is 105 Å². The molecule has 1 saturated heterocycles. The summed E-state index contributed by atoms with van der Waals surface area (Å²) in [5, 5.41) is 26.3. The van der Waals surface area contributed by atoms with Crippen molar-refractivity contribution in [2.24, 2.45) is 5.41 Å². The number of allylic oxidation sites excluding steroid dienone is 6. The Hall–Kier alpha value is -6.21. The van der Waals surface area contributed by atoms with E-state index in [4.69, 9.17) is 34.3 Å². The molecule has 0 spiro atoms. The fourth-order valence-electron chi connectivity index (χ4n) is 11.2. The van der Waals surface area contributed by atoms with Gasteiger partial charge in [0.1, 0.15) is 30.4 Å². The zero-order valence-corrected chi connectivity index (χ0v) is 57.6. The normalized spacial score (nSPS) is 20.0. The predicted molar refractivity (Wildman–Crippen MR) is 347 cm³/mol. The Morgan fingerprint density at radius 3 is 2.26 bits per heavy atom. The molecule has 0 saturated carbocycles. The van der Waals surface area contributed by atoms with Gasteiger partial charge < -0.3 is 59.4 Å². The zero-order valence-electron chi connectivity index (χ0n) is 52.5. The minimum Gasteiger partial charge on any atom is -0.495 e. The Morgan fingerprint density at radius 2 is 1.64 bits per heavy atom. The van der Waals surface area contributed by atoms with Gasteiger partial charge in [-0.3, -0.25) is 28.6 Å². The number of nitro benzene ring substituents is 1. The molecular formula is C58H75N7O23P3S3+.